The average molecular weight is 425 g/mol. The number of ether oxygens (including phenoxy) is 1. The third kappa shape index (κ3) is 5.18. The minimum atomic E-state index is -0.933. The summed E-state index contributed by atoms with van der Waals surface area (Å²) in [6, 6.07) is 10.4. The Hall–Kier alpha value is -3.46. The number of nitrogens with zero attached hydrogens (tertiary/aromatic N) is 2. The molecular weight excluding hydrogens is 398 g/mol. The van der Waals surface area contributed by atoms with E-state index in [0.29, 0.717) is 48.7 Å². The largest absolute Gasteiger partial charge is 0.497 e. The minimum Gasteiger partial charge on any atom is -0.497 e. The van der Waals surface area contributed by atoms with E-state index in [1.807, 2.05) is 11.0 Å². The van der Waals surface area contributed by atoms with E-state index in [1.54, 1.807) is 36.5 Å². The Labute approximate surface area is 181 Å². The number of hydrogen-bond donors (Lipinski definition) is 3. The highest BCUT2D eigenvalue weighted by atomic mass is 16.5. The summed E-state index contributed by atoms with van der Waals surface area (Å²) in [5, 5.41) is 5.52. The Balaban J connectivity index is 1.75. The Morgan fingerprint density at radius 2 is 2.00 bits per heavy atom. The van der Waals surface area contributed by atoms with Gasteiger partial charge in [-0.3, -0.25) is 24.3 Å². The van der Waals surface area contributed by atoms with E-state index < -0.39 is 11.3 Å². The van der Waals surface area contributed by atoms with Gasteiger partial charge in [0.2, 0.25) is 17.7 Å². The van der Waals surface area contributed by atoms with Crippen LogP contribution in [0.15, 0.2) is 42.6 Å². The zero-order valence-corrected chi connectivity index (χ0v) is 17.7. The number of pyridine rings is 1. The molecule has 1 aromatic heterocycles. The number of methoxy groups -OCH3 is 1. The van der Waals surface area contributed by atoms with E-state index in [4.69, 9.17) is 10.5 Å². The Bertz CT molecular complexity index is 966. The number of piperidine rings is 1. The fourth-order valence-corrected chi connectivity index (χ4v) is 3.91. The molecule has 2 heterocycles. The Morgan fingerprint density at radius 3 is 2.65 bits per heavy atom. The van der Waals surface area contributed by atoms with Crippen molar-refractivity contribution >= 4 is 29.1 Å². The van der Waals surface area contributed by atoms with Crippen LogP contribution in [-0.2, 0) is 19.8 Å². The van der Waals surface area contributed by atoms with Gasteiger partial charge < -0.3 is 21.1 Å². The van der Waals surface area contributed by atoms with Crippen LogP contribution in [0.1, 0.15) is 25.5 Å². The average Bonchev–Trinajstić information content (AvgIpc) is 2.75. The third-order valence-electron chi connectivity index (χ3n) is 5.38. The van der Waals surface area contributed by atoms with Gasteiger partial charge in [0.05, 0.1) is 30.7 Å². The Kier molecular flexibility index (Phi) is 6.86. The predicted molar refractivity (Wildman–Crippen MR) is 117 cm³/mol. The number of aromatic nitrogens is 1. The number of anilines is 2. The monoisotopic (exact) mass is 425 g/mol. The van der Waals surface area contributed by atoms with Crippen LogP contribution in [0, 0.1) is 0 Å². The minimum absolute atomic E-state index is 0.0680. The molecule has 0 aliphatic carbocycles. The summed E-state index contributed by atoms with van der Waals surface area (Å²) in [6.45, 7) is 2.43. The lowest BCUT2D eigenvalue weighted by Crippen LogP contribution is -2.55. The van der Waals surface area contributed by atoms with E-state index in [2.05, 4.69) is 15.6 Å². The van der Waals surface area contributed by atoms with Crippen molar-refractivity contribution in [1.82, 2.24) is 9.88 Å². The zero-order valence-electron chi connectivity index (χ0n) is 17.7. The second-order valence-corrected chi connectivity index (χ2v) is 7.62. The van der Waals surface area contributed by atoms with Gasteiger partial charge in [0.1, 0.15) is 11.2 Å². The molecule has 3 rings (SSSR count). The number of primary amides is 1. The van der Waals surface area contributed by atoms with Gasteiger partial charge in [-0.25, -0.2) is 0 Å². The first kappa shape index (κ1) is 22.2. The summed E-state index contributed by atoms with van der Waals surface area (Å²) in [7, 11) is 1.52. The van der Waals surface area contributed by atoms with Gasteiger partial charge in [0.15, 0.2) is 0 Å². The van der Waals surface area contributed by atoms with Crippen molar-refractivity contribution in [3.63, 3.8) is 0 Å². The zero-order chi connectivity index (χ0) is 22.4. The predicted octanol–water partition coefficient (Wildman–Crippen LogP) is 1.51. The highest BCUT2D eigenvalue weighted by Gasteiger charge is 2.43. The van der Waals surface area contributed by atoms with Crippen LogP contribution in [0.25, 0.3) is 0 Å². The molecule has 31 heavy (non-hydrogen) atoms. The molecule has 9 heteroatoms. The molecule has 1 aliphatic heterocycles. The third-order valence-corrected chi connectivity index (χ3v) is 5.38. The van der Waals surface area contributed by atoms with Crippen molar-refractivity contribution in [1.29, 1.82) is 0 Å². The summed E-state index contributed by atoms with van der Waals surface area (Å²) in [6.07, 6.45) is 2.93. The van der Waals surface area contributed by atoms with Crippen LogP contribution >= 0.6 is 0 Å². The van der Waals surface area contributed by atoms with Crippen molar-refractivity contribution in [2.45, 2.75) is 25.2 Å². The van der Waals surface area contributed by atoms with Gasteiger partial charge >= 0.3 is 0 Å². The number of benzene rings is 1. The number of carbonyl (C=O) groups excluding carboxylic acids is 3. The van der Waals surface area contributed by atoms with Crippen molar-refractivity contribution in [3.8, 4) is 5.75 Å². The maximum atomic E-state index is 12.8. The van der Waals surface area contributed by atoms with Crippen molar-refractivity contribution < 1.29 is 19.1 Å². The number of amides is 3. The lowest BCUT2D eigenvalue weighted by molar-refractivity contribution is -0.127. The molecule has 1 atom stereocenters. The lowest BCUT2D eigenvalue weighted by Gasteiger charge is -2.40. The van der Waals surface area contributed by atoms with Crippen molar-refractivity contribution in [2.75, 3.05) is 37.4 Å². The SMILES string of the molecule is COc1ccc(NC(C)=O)c(NC(=O)CN2CCC[C@@](C(N)=O)(c3ccccn3)C2)c1. The number of carbonyl (C=O) groups is 3. The molecule has 1 aliphatic rings. The molecule has 9 nitrogen and oxygen atoms in total. The topological polar surface area (TPSA) is 127 Å². The normalized spacial score (nSPS) is 18.8. The molecule has 0 bridgehead atoms. The molecular formula is C22H27N5O4. The molecule has 1 saturated heterocycles. The quantitative estimate of drug-likeness (QED) is 0.617. The summed E-state index contributed by atoms with van der Waals surface area (Å²) in [5.74, 6) is -0.429. The number of hydrogen-bond acceptors (Lipinski definition) is 6. The van der Waals surface area contributed by atoms with E-state index in [1.165, 1.54) is 14.0 Å². The first-order chi connectivity index (χ1) is 14.8. The Morgan fingerprint density at radius 1 is 1.19 bits per heavy atom. The standard InChI is InChI=1S/C22H27N5O4/c1-15(28)25-17-8-7-16(31-2)12-18(17)26-20(29)13-27-11-5-9-22(14-27,21(23)30)19-6-3-4-10-24-19/h3-4,6-8,10,12H,5,9,11,13-14H2,1-2H3,(H2,23,30)(H,25,28)(H,26,29)/t22-/m0/s1. The highest BCUT2D eigenvalue weighted by molar-refractivity contribution is 6.00. The molecule has 164 valence electrons. The summed E-state index contributed by atoms with van der Waals surface area (Å²) in [4.78, 5) is 42.9. The van der Waals surface area contributed by atoms with Crippen molar-refractivity contribution in [3.05, 3.63) is 48.3 Å². The van der Waals surface area contributed by atoms with Gasteiger partial charge in [0, 0.05) is 25.7 Å². The molecule has 2 aromatic rings. The first-order valence-electron chi connectivity index (χ1n) is 10.0. The van der Waals surface area contributed by atoms with Crippen molar-refractivity contribution in [2.24, 2.45) is 5.73 Å². The van der Waals surface area contributed by atoms with Crippen LogP contribution in [0.4, 0.5) is 11.4 Å². The van der Waals surface area contributed by atoms with Gasteiger partial charge in [-0.05, 0) is 43.7 Å². The molecule has 0 saturated carbocycles. The van der Waals surface area contributed by atoms with Crippen LogP contribution in [0.5, 0.6) is 5.75 Å². The van der Waals surface area contributed by atoms with E-state index in [9.17, 15) is 14.4 Å². The second kappa shape index (κ2) is 9.57. The maximum Gasteiger partial charge on any atom is 0.238 e. The van der Waals surface area contributed by atoms with E-state index >= 15 is 0 Å². The smallest absolute Gasteiger partial charge is 0.238 e. The first-order valence-corrected chi connectivity index (χ1v) is 10.0. The number of likely N-dealkylation sites (tertiary alicyclic amines) is 1. The fourth-order valence-electron chi connectivity index (χ4n) is 3.91. The summed E-state index contributed by atoms with van der Waals surface area (Å²) in [5.41, 5.74) is 6.38. The van der Waals surface area contributed by atoms with Crippen LogP contribution in [0.3, 0.4) is 0 Å². The summed E-state index contributed by atoms with van der Waals surface area (Å²) >= 11 is 0. The number of nitrogens with one attached hydrogen (secondary N) is 2. The molecule has 1 aromatic carbocycles. The van der Waals surface area contributed by atoms with Gasteiger partial charge in [-0.2, -0.15) is 0 Å². The van der Waals surface area contributed by atoms with Gasteiger partial charge in [0.25, 0.3) is 0 Å². The number of nitrogens with two attached hydrogens (primary N) is 1. The van der Waals surface area contributed by atoms with Crippen LogP contribution in [-0.4, -0.2) is 54.3 Å². The van der Waals surface area contributed by atoms with Crippen LogP contribution < -0.4 is 21.1 Å². The van der Waals surface area contributed by atoms with Gasteiger partial charge in [-0.1, -0.05) is 6.07 Å². The molecule has 1 fully saturated rings. The molecule has 0 radical (unpaired) electrons. The highest BCUT2D eigenvalue weighted by Crippen LogP contribution is 2.33. The molecule has 4 N–H and O–H groups in total. The fraction of sp³-hybridized carbons (Fsp3) is 0.364. The molecule has 3 amide bonds. The molecule has 0 unspecified atom stereocenters. The number of rotatable bonds is 7. The molecule has 0 spiro atoms. The van der Waals surface area contributed by atoms with Crippen LogP contribution in [0.2, 0.25) is 0 Å². The second-order valence-electron chi connectivity index (χ2n) is 7.62. The van der Waals surface area contributed by atoms with Gasteiger partial charge in [-0.15, -0.1) is 0 Å². The van der Waals surface area contributed by atoms with E-state index in [-0.39, 0.29) is 18.4 Å². The lowest BCUT2D eigenvalue weighted by atomic mass is 9.76. The summed E-state index contributed by atoms with van der Waals surface area (Å²) < 4.78 is 5.22. The maximum absolute atomic E-state index is 12.8. The van der Waals surface area contributed by atoms with E-state index in [0.717, 1.165) is 0 Å².